The maximum atomic E-state index is 14.7. The summed E-state index contributed by atoms with van der Waals surface area (Å²) in [6.07, 6.45) is 12.5. The summed E-state index contributed by atoms with van der Waals surface area (Å²) in [5, 5.41) is 0. The average molecular weight is 425 g/mol. The van der Waals surface area contributed by atoms with Crippen LogP contribution in [0.5, 0.6) is 0 Å². The van der Waals surface area contributed by atoms with Gasteiger partial charge in [-0.05, 0) is 66.8 Å². The lowest BCUT2D eigenvalue weighted by molar-refractivity contribution is 0.304. The van der Waals surface area contributed by atoms with Crippen molar-refractivity contribution in [1.82, 2.24) is 9.97 Å². The van der Waals surface area contributed by atoms with Crippen LogP contribution in [0.25, 0.3) is 22.5 Å². The van der Waals surface area contributed by atoms with Crippen molar-refractivity contribution in [2.45, 2.75) is 57.8 Å². The average Bonchev–Trinajstić information content (AvgIpc) is 2.80. The predicted octanol–water partition coefficient (Wildman–Crippen LogP) is 7.69. The molecule has 0 N–H and O–H groups in total. The van der Waals surface area contributed by atoms with E-state index in [1.165, 1.54) is 57.1 Å². The SMILES string of the molecule is CCCCC1CCC(c2cnc(-c3ccc(-c4ccc(F)c(F)c4)c(F)c3)nc2)CC1. The van der Waals surface area contributed by atoms with E-state index in [0.717, 1.165) is 23.6 Å². The molecule has 0 aliphatic heterocycles. The van der Waals surface area contributed by atoms with Gasteiger partial charge in [0.15, 0.2) is 17.5 Å². The third-order valence-corrected chi connectivity index (χ3v) is 6.41. The topological polar surface area (TPSA) is 25.8 Å². The van der Waals surface area contributed by atoms with Crippen LogP contribution in [0.1, 0.15) is 63.4 Å². The van der Waals surface area contributed by atoms with E-state index in [1.807, 2.05) is 12.4 Å². The number of halogens is 3. The molecule has 3 aromatic rings. The minimum atomic E-state index is -1.00. The number of hydrogen-bond donors (Lipinski definition) is 0. The van der Waals surface area contributed by atoms with Gasteiger partial charge in [0, 0.05) is 23.5 Å². The third-order valence-electron chi connectivity index (χ3n) is 6.41. The standard InChI is InChI=1S/C26H27F3N2/c1-2-3-4-17-5-7-18(8-6-17)21-15-30-26(31-16-21)20-9-11-22(24(28)14-20)19-10-12-23(27)25(29)13-19/h9-18H,2-8H2,1H3. The number of benzene rings is 2. The summed E-state index contributed by atoms with van der Waals surface area (Å²) in [7, 11) is 0. The molecule has 0 radical (unpaired) electrons. The fourth-order valence-electron chi connectivity index (χ4n) is 4.53. The Labute approximate surface area is 181 Å². The molecule has 5 heteroatoms. The highest BCUT2D eigenvalue weighted by Gasteiger charge is 2.22. The molecular weight excluding hydrogens is 397 g/mol. The van der Waals surface area contributed by atoms with Gasteiger partial charge < -0.3 is 0 Å². The molecule has 1 aromatic heterocycles. The Balaban J connectivity index is 1.46. The lowest BCUT2D eigenvalue weighted by atomic mass is 9.78. The van der Waals surface area contributed by atoms with Crippen molar-refractivity contribution in [3.8, 4) is 22.5 Å². The lowest BCUT2D eigenvalue weighted by Crippen LogP contribution is -2.13. The Bertz CT molecular complexity index is 1030. The molecule has 0 bridgehead atoms. The molecular formula is C26H27F3N2. The van der Waals surface area contributed by atoms with Gasteiger partial charge in [0.25, 0.3) is 0 Å². The van der Waals surface area contributed by atoms with Crippen LogP contribution in [0.4, 0.5) is 13.2 Å². The molecule has 0 atom stereocenters. The Hall–Kier alpha value is -2.69. The van der Waals surface area contributed by atoms with E-state index in [-0.39, 0.29) is 11.1 Å². The van der Waals surface area contributed by atoms with Crippen LogP contribution < -0.4 is 0 Å². The van der Waals surface area contributed by atoms with Crippen LogP contribution >= 0.6 is 0 Å². The van der Waals surface area contributed by atoms with Gasteiger partial charge in [0.2, 0.25) is 0 Å². The second kappa shape index (κ2) is 9.63. The number of nitrogens with zero attached hydrogens (tertiary/aromatic N) is 2. The number of aromatic nitrogens is 2. The van der Waals surface area contributed by atoms with E-state index in [2.05, 4.69) is 16.9 Å². The van der Waals surface area contributed by atoms with Gasteiger partial charge in [-0.2, -0.15) is 0 Å². The van der Waals surface area contributed by atoms with Crippen molar-refractivity contribution in [1.29, 1.82) is 0 Å². The summed E-state index contributed by atoms with van der Waals surface area (Å²) >= 11 is 0. The summed E-state index contributed by atoms with van der Waals surface area (Å²) in [5.41, 5.74) is 2.20. The molecule has 1 aliphatic carbocycles. The minimum absolute atomic E-state index is 0.208. The first kappa shape index (κ1) is 21.5. The molecule has 1 heterocycles. The lowest BCUT2D eigenvalue weighted by Gasteiger charge is -2.28. The summed E-state index contributed by atoms with van der Waals surface area (Å²) in [6.45, 7) is 2.24. The van der Waals surface area contributed by atoms with Gasteiger partial charge in [0.1, 0.15) is 5.82 Å². The molecule has 1 aliphatic rings. The van der Waals surface area contributed by atoms with Crippen molar-refractivity contribution in [3.05, 3.63) is 71.8 Å². The van der Waals surface area contributed by atoms with Gasteiger partial charge in [-0.1, -0.05) is 44.4 Å². The van der Waals surface area contributed by atoms with Crippen LogP contribution in [0.2, 0.25) is 0 Å². The smallest absolute Gasteiger partial charge is 0.159 e. The van der Waals surface area contributed by atoms with Crippen molar-refractivity contribution >= 4 is 0 Å². The van der Waals surface area contributed by atoms with E-state index in [4.69, 9.17) is 0 Å². The molecule has 1 saturated carbocycles. The van der Waals surface area contributed by atoms with Crippen molar-refractivity contribution in [3.63, 3.8) is 0 Å². The number of hydrogen-bond acceptors (Lipinski definition) is 2. The molecule has 0 unspecified atom stereocenters. The Morgan fingerprint density at radius 2 is 1.48 bits per heavy atom. The summed E-state index contributed by atoms with van der Waals surface area (Å²) in [5.74, 6) is -0.674. The van der Waals surface area contributed by atoms with Crippen LogP contribution in [-0.2, 0) is 0 Å². The maximum absolute atomic E-state index is 14.7. The fraction of sp³-hybridized carbons (Fsp3) is 0.385. The maximum Gasteiger partial charge on any atom is 0.159 e. The Morgan fingerprint density at radius 1 is 0.806 bits per heavy atom. The monoisotopic (exact) mass is 424 g/mol. The number of unbranched alkanes of at least 4 members (excludes halogenated alkanes) is 1. The summed E-state index contributed by atoms with van der Waals surface area (Å²) in [4.78, 5) is 8.95. The molecule has 2 aromatic carbocycles. The van der Waals surface area contributed by atoms with Crippen LogP contribution in [0.15, 0.2) is 48.8 Å². The fourth-order valence-corrected chi connectivity index (χ4v) is 4.53. The largest absolute Gasteiger partial charge is 0.236 e. The van der Waals surface area contributed by atoms with Gasteiger partial charge >= 0.3 is 0 Å². The van der Waals surface area contributed by atoms with Crippen molar-refractivity contribution in [2.24, 2.45) is 5.92 Å². The van der Waals surface area contributed by atoms with Gasteiger partial charge in [-0.3, -0.25) is 0 Å². The Morgan fingerprint density at radius 3 is 2.13 bits per heavy atom. The van der Waals surface area contributed by atoms with Gasteiger partial charge in [-0.25, -0.2) is 23.1 Å². The molecule has 162 valence electrons. The molecule has 31 heavy (non-hydrogen) atoms. The highest BCUT2D eigenvalue weighted by molar-refractivity contribution is 5.68. The highest BCUT2D eigenvalue weighted by atomic mass is 19.2. The molecule has 2 nitrogen and oxygen atoms in total. The first-order chi connectivity index (χ1) is 15.0. The van der Waals surface area contributed by atoms with Gasteiger partial charge in [0.05, 0.1) is 0 Å². The van der Waals surface area contributed by atoms with E-state index >= 15 is 0 Å². The molecule has 1 fully saturated rings. The molecule has 4 rings (SSSR count). The summed E-state index contributed by atoms with van der Waals surface area (Å²) in [6, 6.07) is 7.94. The minimum Gasteiger partial charge on any atom is -0.236 e. The van der Waals surface area contributed by atoms with E-state index in [0.29, 0.717) is 17.3 Å². The van der Waals surface area contributed by atoms with E-state index < -0.39 is 17.5 Å². The van der Waals surface area contributed by atoms with Crippen LogP contribution in [0.3, 0.4) is 0 Å². The number of rotatable bonds is 6. The highest BCUT2D eigenvalue weighted by Crippen LogP contribution is 2.37. The molecule has 0 amide bonds. The summed E-state index contributed by atoms with van der Waals surface area (Å²) < 4.78 is 41.3. The first-order valence-corrected chi connectivity index (χ1v) is 11.1. The molecule has 0 saturated heterocycles. The normalized spacial score (nSPS) is 18.8. The second-order valence-electron chi connectivity index (χ2n) is 8.52. The van der Waals surface area contributed by atoms with E-state index in [9.17, 15) is 13.2 Å². The first-order valence-electron chi connectivity index (χ1n) is 11.1. The second-order valence-corrected chi connectivity index (χ2v) is 8.52. The van der Waals surface area contributed by atoms with Crippen LogP contribution in [-0.4, -0.2) is 9.97 Å². The molecule has 0 spiro atoms. The van der Waals surface area contributed by atoms with Crippen molar-refractivity contribution in [2.75, 3.05) is 0 Å². The zero-order chi connectivity index (χ0) is 21.8. The predicted molar refractivity (Wildman–Crippen MR) is 117 cm³/mol. The zero-order valence-corrected chi connectivity index (χ0v) is 17.8. The van der Waals surface area contributed by atoms with Crippen molar-refractivity contribution < 1.29 is 13.2 Å². The Kier molecular flexibility index (Phi) is 6.69. The zero-order valence-electron chi connectivity index (χ0n) is 17.8. The van der Waals surface area contributed by atoms with E-state index in [1.54, 1.807) is 12.1 Å². The van der Waals surface area contributed by atoms with Gasteiger partial charge in [-0.15, -0.1) is 0 Å². The van der Waals surface area contributed by atoms with Crippen LogP contribution in [0, 0.1) is 23.4 Å². The third kappa shape index (κ3) is 4.97. The quantitative estimate of drug-likeness (QED) is 0.405.